The number of benzene rings is 3. The van der Waals surface area contributed by atoms with Crippen molar-refractivity contribution in [1.29, 1.82) is 0 Å². The first kappa shape index (κ1) is 27.5. The third-order valence-electron chi connectivity index (χ3n) is 7.97. The monoisotopic (exact) mass is 527 g/mol. The Morgan fingerprint density at radius 2 is 1.62 bits per heavy atom. The van der Waals surface area contributed by atoms with Crippen LogP contribution in [-0.4, -0.2) is 4.98 Å². The SMILES string of the molecule is C=C/C=C(\C=C)NC1CCCc2cccc(-c3ccc4cccc(Nc5c(C(C)C)cccc5C(C)C)c4n3)c21. The molecule has 204 valence electrons. The number of nitrogens with one attached hydrogen (secondary N) is 2. The van der Waals surface area contributed by atoms with Crippen LogP contribution >= 0.6 is 0 Å². The van der Waals surface area contributed by atoms with Gasteiger partial charge in [-0.3, -0.25) is 0 Å². The van der Waals surface area contributed by atoms with Gasteiger partial charge >= 0.3 is 0 Å². The van der Waals surface area contributed by atoms with Crippen LogP contribution in [0.1, 0.15) is 80.7 Å². The molecule has 0 spiro atoms. The summed E-state index contributed by atoms with van der Waals surface area (Å²) in [5.41, 5.74) is 11.8. The standard InChI is InChI=1S/C37H41N3/c1-7-13-28(8-2)38-33-20-10-15-26-14-9-19-31(35(26)33)32-23-22-27-16-11-21-34(36(27)39-32)40-37-29(24(3)4)17-12-18-30(37)25(5)6/h7-9,11-14,16-19,21-25,33,38,40H,1-2,10,15,20H2,3-6H3/b28-13+. The van der Waals surface area contributed by atoms with Crippen LogP contribution in [0.5, 0.6) is 0 Å². The summed E-state index contributed by atoms with van der Waals surface area (Å²) in [4.78, 5) is 5.33. The van der Waals surface area contributed by atoms with Crippen molar-refractivity contribution in [3.8, 4) is 11.3 Å². The van der Waals surface area contributed by atoms with E-state index in [2.05, 4.69) is 118 Å². The minimum Gasteiger partial charge on any atom is -0.378 e. The fourth-order valence-electron chi connectivity index (χ4n) is 5.98. The fraction of sp³-hybridized carbons (Fsp3) is 0.270. The van der Waals surface area contributed by atoms with Gasteiger partial charge in [0.05, 0.1) is 22.9 Å². The first-order valence-corrected chi connectivity index (χ1v) is 14.5. The number of anilines is 2. The Bertz CT molecular complexity index is 1550. The topological polar surface area (TPSA) is 37.0 Å². The highest BCUT2D eigenvalue weighted by atomic mass is 14.9. The molecule has 5 rings (SSSR count). The molecule has 0 amide bonds. The number of pyridine rings is 1. The van der Waals surface area contributed by atoms with Gasteiger partial charge in [0.2, 0.25) is 0 Å². The van der Waals surface area contributed by atoms with Gasteiger partial charge < -0.3 is 10.6 Å². The van der Waals surface area contributed by atoms with Crippen LogP contribution in [0, 0.1) is 0 Å². The third kappa shape index (κ3) is 5.47. The molecule has 0 aliphatic heterocycles. The first-order chi connectivity index (χ1) is 19.4. The molecule has 0 bridgehead atoms. The first-order valence-electron chi connectivity index (χ1n) is 14.5. The van der Waals surface area contributed by atoms with Crippen molar-refractivity contribution in [1.82, 2.24) is 10.3 Å². The van der Waals surface area contributed by atoms with Gasteiger partial charge in [0.15, 0.2) is 0 Å². The van der Waals surface area contributed by atoms with Crippen molar-refractivity contribution in [2.75, 3.05) is 5.32 Å². The zero-order valence-corrected chi connectivity index (χ0v) is 24.3. The number of hydrogen-bond donors (Lipinski definition) is 2. The molecule has 3 heteroatoms. The normalized spacial score (nSPS) is 15.2. The van der Waals surface area contributed by atoms with Crippen molar-refractivity contribution in [2.45, 2.75) is 64.8 Å². The van der Waals surface area contributed by atoms with E-state index in [-0.39, 0.29) is 6.04 Å². The molecule has 1 aromatic heterocycles. The molecule has 1 heterocycles. The molecule has 4 aromatic rings. The van der Waals surface area contributed by atoms with Gasteiger partial charge in [0.25, 0.3) is 0 Å². The lowest BCUT2D eigenvalue weighted by Gasteiger charge is -2.30. The molecule has 0 radical (unpaired) electrons. The van der Waals surface area contributed by atoms with Crippen molar-refractivity contribution in [3.63, 3.8) is 0 Å². The summed E-state index contributed by atoms with van der Waals surface area (Å²) in [7, 11) is 0. The van der Waals surface area contributed by atoms with Crippen molar-refractivity contribution >= 4 is 22.3 Å². The smallest absolute Gasteiger partial charge is 0.0944 e. The molecule has 0 fully saturated rings. The summed E-state index contributed by atoms with van der Waals surface area (Å²) in [5.74, 6) is 0.825. The quantitative estimate of drug-likeness (QED) is 0.213. The van der Waals surface area contributed by atoms with Gasteiger partial charge in [0, 0.05) is 22.3 Å². The summed E-state index contributed by atoms with van der Waals surface area (Å²) < 4.78 is 0. The summed E-state index contributed by atoms with van der Waals surface area (Å²) in [6.45, 7) is 16.9. The summed E-state index contributed by atoms with van der Waals surface area (Å²) in [6, 6.07) is 24.3. The molecule has 0 saturated heterocycles. The Labute approximate surface area is 239 Å². The Morgan fingerprint density at radius 1 is 0.900 bits per heavy atom. The second kappa shape index (κ2) is 12.0. The van der Waals surface area contributed by atoms with Gasteiger partial charge in [-0.2, -0.15) is 0 Å². The van der Waals surface area contributed by atoms with Gasteiger partial charge in [-0.25, -0.2) is 4.98 Å². The van der Waals surface area contributed by atoms with Crippen LogP contribution in [0.15, 0.2) is 104 Å². The van der Waals surface area contributed by atoms with Crippen LogP contribution in [0.25, 0.3) is 22.2 Å². The van der Waals surface area contributed by atoms with Crippen molar-refractivity contribution < 1.29 is 0 Å². The minimum absolute atomic E-state index is 0.196. The Hall–Kier alpha value is -4.11. The van der Waals surface area contributed by atoms with E-state index < -0.39 is 0 Å². The van der Waals surface area contributed by atoms with Gasteiger partial charge in [0.1, 0.15) is 0 Å². The molecule has 2 N–H and O–H groups in total. The second-order valence-corrected chi connectivity index (χ2v) is 11.3. The lowest BCUT2D eigenvalue weighted by molar-refractivity contribution is 0.505. The van der Waals surface area contributed by atoms with E-state index >= 15 is 0 Å². The number of nitrogens with zero attached hydrogens (tertiary/aromatic N) is 1. The van der Waals surface area contributed by atoms with Gasteiger partial charge in [-0.1, -0.05) is 102 Å². The predicted octanol–water partition coefficient (Wildman–Crippen LogP) is 10.1. The zero-order valence-electron chi connectivity index (χ0n) is 24.3. The predicted molar refractivity (Wildman–Crippen MR) is 172 cm³/mol. The van der Waals surface area contributed by atoms with E-state index in [1.807, 2.05) is 12.2 Å². The third-order valence-corrected chi connectivity index (χ3v) is 7.97. The lowest BCUT2D eigenvalue weighted by atomic mass is 9.83. The highest BCUT2D eigenvalue weighted by Gasteiger charge is 2.25. The highest BCUT2D eigenvalue weighted by Crippen LogP contribution is 2.40. The number of aryl methyl sites for hydroxylation is 1. The number of hydrogen-bond acceptors (Lipinski definition) is 3. The summed E-state index contributed by atoms with van der Waals surface area (Å²) in [5, 5.41) is 8.69. The molecule has 3 aromatic carbocycles. The Kier molecular flexibility index (Phi) is 8.21. The van der Waals surface area contributed by atoms with E-state index in [0.29, 0.717) is 11.8 Å². The van der Waals surface area contributed by atoms with E-state index in [9.17, 15) is 0 Å². The number of para-hydroxylation sites is 2. The van der Waals surface area contributed by atoms with E-state index in [4.69, 9.17) is 4.98 Å². The molecule has 40 heavy (non-hydrogen) atoms. The van der Waals surface area contributed by atoms with Crippen LogP contribution in [0.4, 0.5) is 11.4 Å². The molecule has 1 aliphatic carbocycles. The Balaban J connectivity index is 1.62. The number of aromatic nitrogens is 1. The maximum absolute atomic E-state index is 5.33. The molecule has 3 nitrogen and oxygen atoms in total. The average molecular weight is 528 g/mol. The van der Waals surface area contributed by atoms with Crippen LogP contribution in [0.2, 0.25) is 0 Å². The average Bonchev–Trinajstić information content (AvgIpc) is 2.96. The number of fused-ring (bicyclic) bond motifs is 2. The molecular formula is C37H41N3. The minimum atomic E-state index is 0.196. The van der Waals surface area contributed by atoms with E-state index in [0.717, 1.165) is 47.2 Å². The number of allylic oxidation sites excluding steroid dienone is 3. The molecular weight excluding hydrogens is 486 g/mol. The fourth-order valence-corrected chi connectivity index (χ4v) is 5.98. The van der Waals surface area contributed by atoms with Crippen LogP contribution in [-0.2, 0) is 6.42 Å². The van der Waals surface area contributed by atoms with Crippen LogP contribution < -0.4 is 10.6 Å². The maximum atomic E-state index is 5.33. The Morgan fingerprint density at radius 3 is 2.33 bits per heavy atom. The van der Waals surface area contributed by atoms with Crippen molar-refractivity contribution in [3.05, 3.63) is 126 Å². The number of rotatable bonds is 9. The molecule has 1 unspecified atom stereocenters. The maximum Gasteiger partial charge on any atom is 0.0944 e. The largest absolute Gasteiger partial charge is 0.378 e. The van der Waals surface area contributed by atoms with Gasteiger partial charge in [-0.05, 0) is 77.6 Å². The molecule has 0 saturated carbocycles. The van der Waals surface area contributed by atoms with Gasteiger partial charge in [-0.15, -0.1) is 0 Å². The summed E-state index contributed by atoms with van der Waals surface area (Å²) >= 11 is 0. The second-order valence-electron chi connectivity index (χ2n) is 11.3. The van der Waals surface area contributed by atoms with Crippen LogP contribution in [0.3, 0.4) is 0 Å². The lowest BCUT2D eigenvalue weighted by Crippen LogP contribution is -2.25. The highest BCUT2D eigenvalue weighted by molar-refractivity contribution is 5.94. The molecule has 1 atom stereocenters. The van der Waals surface area contributed by atoms with E-state index in [1.165, 1.54) is 33.5 Å². The summed E-state index contributed by atoms with van der Waals surface area (Å²) in [6.07, 6.45) is 8.96. The van der Waals surface area contributed by atoms with Crippen molar-refractivity contribution in [2.24, 2.45) is 0 Å². The zero-order chi connectivity index (χ0) is 28.2. The molecule has 1 aliphatic rings. The van der Waals surface area contributed by atoms with E-state index in [1.54, 1.807) is 6.08 Å².